The molecule has 0 radical (unpaired) electrons. The van der Waals surface area contributed by atoms with Crippen molar-refractivity contribution in [3.63, 3.8) is 0 Å². The van der Waals surface area contributed by atoms with Gasteiger partial charge in [0.15, 0.2) is 12.7 Å². The zero-order valence-electron chi connectivity index (χ0n) is 12.5. The number of carbonyl (C=O) groups is 2. The topological polar surface area (TPSA) is 146 Å². The summed E-state index contributed by atoms with van der Waals surface area (Å²) >= 11 is 0. The van der Waals surface area contributed by atoms with Crippen LogP contribution in [0.15, 0.2) is 30.7 Å². The Kier molecular flexibility index (Phi) is 6.72. The lowest BCUT2D eigenvalue weighted by atomic mass is 10.2. The molecule has 3 N–H and O–H groups in total. The summed E-state index contributed by atoms with van der Waals surface area (Å²) in [5, 5.41) is 21.5. The van der Waals surface area contributed by atoms with Crippen LogP contribution in [0.1, 0.15) is 6.42 Å². The Morgan fingerprint density at radius 3 is 2.40 bits per heavy atom. The van der Waals surface area contributed by atoms with Crippen molar-refractivity contribution in [2.45, 2.75) is 19.1 Å². The fraction of sp³-hybridized carbons (Fsp3) is 0.231. The van der Waals surface area contributed by atoms with Gasteiger partial charge in [-0.25, -0.2) is 9.97 Å². The lowest BCUT2D eigenvalue weighted by molar-refractivity contribution is -0.752. The number of aromatic nitrogens is 4. The number of aryl methyl sites for hydroxylation is 1. The van der Waals surface area contributed by atoms with E-state index >= 15 is 0 Å². The predicted molar refractivity (Wildman–Crippen MR) is 73.2 cm³/mol. The fourth-order valence-electron chi connectivity index (χ4n) is 1.41. The molecule has 0 aliphatic rings. The van der Waals surface area contributed by atoms with Gasteiger partial charge in [0, 0.05) is 17.8 Å². The number of halogens is 3. The minimum Gasteiger partial charge on any atom is -0.542 e. The first kappa shape index (κ1) is 19.7. The van der Waals surface area contributed by atoms with E-state index in [1.165, 1.54) is 0 Å². The van der Waals surface area contributed by atoms with E-state index in [9.17, 15) is 18.0 Å². The quantitative estimate of drug-likeness (QED) is 0.673. The van der Waals surface area contributed by atoms with Crippen LogP contribution in [-0.2, 0) is 16.1 Å². The molecule has 0 amide bonds. The number of alkyl halides is 3. The van der Waals surface area contributed by atoms with Crippen molar-refractivity contribution in [1.29, 1.82) is 0 Å². The van der Waals surface area contributed by atoms with Crippen molar-refractivity contribution < 1.29 is 37.7 Å². The molecule has 0 bridgehead atoms. The normalized spacial score (nSPS) is 10.5. The summed E-state index contributed by atoms with van der Waals surface area (Å²) in [6, 6.07) is 3.53. The Hall–Kier alpha value is -3.31. The van der Waals surface area contributed by atoms with Gasteiger partial charge in [0.2, 0.25) is 5.95 Å². The molecule has 0 unspecified atom stereocenters. The van der Waals surface area contributed by atoms with Crippen molar-refractivity contribution in [1.82, 2.24) is 15.1 Å². The third-order valence-electron chi connectivity index (χ3n) is 2.53. The molecule has 0 saturated heterocycles. The first-order chi connectivity index (χ1) is 11.6. The Bertz CT molecular complexity index is 737. The Balaban J connectivity index is 0.000000381. The summed E-state index contributed by atoms with van der Waals surface area (Å²) in [6.07, 6.45) is -0.263. The molecule has 0 fully saturated rings. The molecule has 134 valence electrons. The number of hydrogen-bond acceptors (Lipinski definition) is 7. The first-order valence-corrected chi connectivity index (χ1v) is 6.54. The van der Waals surface area contributed by atoms with E-state index in [0.29, 0.717) is 12.2 Å². The van der Waals surface area contributed by atoms with Crippen molar-refractivity contribution in [3.8, 4) is 11.3 Å². The number of anilines is 1. The monoisotopic (exact) mass is 359 g/mol. The average molecular weight is 359 g/mol. The second-order valence-corrected chi connectivity index (χ2v) is 4.41. The molecular weight excluding hydrogens is 347 g/mol. The van der Waals surface area contributed by atoms with E-state index in [-0.39, 0.29) is 12.4 Å². The standard InChI is InChI=1S/C11H11N5O2.C2HF3O2/c12-11-13-4-1-9(15-11)8-2-5-16(14-7-8)6-3-10(17)18;3-2(4,5)1(6)7/h1-2,4-5,7H,3,6H2,(H2-,12,13,15,17,18);(H,6,7). The maximum atomic E-state index is 10.5. The number of nitrogens with two attached hydrogens (primary N) is 1. The summed E-state index contributed by atoms with van der Waals surface area (Å²) in [4.78, 5) is 27.1. The smallest absolute Gasteiger partial charge is 0.430 e. The van der Waals surface area contributed by atoms with Crippen molar-refractivity contribution >= 4 is 17.9 Å². The molecule has 0 spiro atoms. The average Bonchev–Trinajstić information content (AvgIpc) is 2.53. The molecular formula is C13H12F3N5O4. The third-order valence-corrected chi connectivity index (χ3v) is 2.53. The molecule has 0 aliphatic heterocycles. The van der Waals surface area contributed by atoms with Crippen LogP contribution in [0.25, 0.3) is 11.3 Å². The van der Waals surface area contributed by atoms with Gasteiger partial charge < -0.3 is 20.7 Å². The Labute approximate surface area is 138 Å². The molecule has 0 saturated carbocycles. The zero-order valence-corrected chi connectivity index (χ0v) is 12.5. The van der Waals surface area contributed by atoms with E-state index in [1.807, 2.05) is 0 Å². The first-order valence-electron chi connectivity index (χ1n) is 6.54. The fourth-order valence-corrected chi connectivity index (χ4v) is 1.41. The van der Waals surface area contributed by atoms with E-state index in [1.54, 1.807) is 35.4 Å². The number of rotatable bonds is 4. The van der Waals surface area contributed by atoms with E-state index in [2.05, 4.69) is 15.1 Å². The predicted octanol–water partition coefficient (Wildman–Crippen LogP) is -0.818. The van der Waals surface area contributed by atoms with Gasteiger partial charge in [0.1, 0.15) is 18.6 Å². The SMILES string of the molecule is Nc1nccc(-c2cc[n+](CCC(=O)O)nc2)n1.O=C([O-])C(F)(F)F. The number of carboxylic acids is 2. The number of nitrogens with zero attached hydrogens (tertiary/aromatic N) is 4. The van der Waals surface area contributed by atoms with Crippen LogP contribution in [0, 0.1) is 0 Å². The number of aliphatic carboxylic acids is 2. The Morgan fingerprint density at radius 2 is 1.96 bits per heavy atom. The molecule has 2 heterocycles. The van der Waals surface area contributed by atoms with Gasteiger partial charge in [-0.15, -0.1) is 0 Å². The molecule has 25 heavy (non-hydrogen) atoms. The molecule has 0 atom stereocenters. The van der Waals surface area contributed by atoms with Crippen LogP contribution in [0.3, 0.4) is 0 Å². The van der Waals surface area contributed by atoms with Crippen LogP contribution >= 0.6 is 0 Å². The van der Waals surface area contributed by atoms with Crippen LogP contribution in [0.5, 0.6) is 0 Å². The van der Waals surface area contributed by atoms with E-state index in [4.69, 9.17) is 20.7 Å². The highest BCUT2D eigenvalue weighted by Gasteiger charge is 2.28. The summed E-state index contributed by atoms with van der Waals surface area (Å²) in [5.41, 5.74) is 6.98. The lowest BCUT2D eigenvalue weighted by Gasteiger charge is -2.03. The summed E-state index contributed by atoms with van der Waals surface area (Å²) in [5.74, 6) is -3.65. The van der Waals surface area contributed by atoms with Crippen LogP contribution < -0.4 is 15.5 Å². The highest BCUT2D eigenvalue weighted by Crippen LogP contribution is 2.13. The number of carbonyl (C=O) groups excluding carboxylic acids is 1. The van der Waals surface area contributed by atoms with Gasteiger partial charge in [-0.05, 0) is 11.2 Å². The second kappa shape index (κ2) is 8.52. The van der Waals surface area contributed by atoms with Crippen molar-refractivity contribution in [2.75, 3.05) is 5.73 Å². The molecule has 2 aromatic heterocycles. The minimum absolute atomic E-state index is 0.0392. The van der Waals surface area contributed by atoms with Gasteiger partial charge in [0.25, 0.3) is 0 Å². The summed E-state index contributed by atoms with van der Waals surface area (Å²) in [6.45, 7) is 0.335. The molecule has 2 aromatic rings. The van der Waals surface area contributed by atoms with E-state index < -0.39 is 18.1 Å². The van der Waals surface area contributed by atoms with Crippen LogP contribution in [0.2, 0.25) is 0 Å². The van der Waals surface area contributed by atoms with E-state index in [0.717, 1.165) is 5.56 Å². The number of hydrogen-bond donors (Lipinski definition) is 2. The number of carboxylic acid groups (broad SMARTS) is 2. The van der Waals surface area contributed by atoms with Gasteiger partial charge in [-0.2, -0.15) is 13.2 Å². The van der Waals surface area contributed by atoms with Crippen LogP contribution in [0.4, 0.5) is 19.1 Å². The number of nitrogen functional groups attached to an aromatic ring is 1. The molecule has 12 heteroatoms. The molecule has 9 nitrogen and oxygen atoms in total. The van der Waals surface area contributed by atoms with Gasteiger partial charge >= 0.3 is 12.1 Å². The molecule has 0 aliphatic carbocycles. The summed E-state index contributed by atoms with van der Waals surface area (Å²) in [7, 11) is 0. The zero-order chi connectivity index (χ0) is 19.0. The third kappa shape index (κ3) is 7.20. The minimum atomic E-state index is -5.19. The Morgan fingerprint density at radius 1 is 1.32 bits per heavy atom. The largest absolute Gasteiger partial charge is 0.542 e. The maximum absolute atomic E-state index is 10.5. The van der Waals surface area contributed by atoms with Gasteiger partial charge in [-0.1, -0.05) is 4.68 Å². The molecule has 2 rings (SSSR count). The highest BCUT2D eigenvalue weighted by molar-refractivity contribution is 5.70. The highest BCUT2D eigenvalue weighted by atomic mass is 19.4. The lowest BCUT2D eigenvalue weighted by Crippen LogP contribution is -2.38. The van der Waals surface area contributed by atoms with Gasteiger partial charge in [-0.3, -0.25) is 4.79 Å². The van der Waals surface area contributed by atoms with Crippen LogP contribution in [-0.4, -0.2) is 38.3 Å². The van der Waals surface area contributed by atoms with Gasteiger partial charge in [0.05, 0.1) is 5.69 Å². The van der Waals surface area contributed by atoms with Crippen molar-refractivity contribution in [3.05, 3.63) is 30.7 Å². The van der Waals surface area contributed by atoms with Crippen molar-refractivity contribution in [2.24, 2.45) is 0 Å². The summed E-state index contributed by atoms with van der Waals surface area (Å²) < 4.78 is 33.1. The molecule has 0 aromatic carbocycles. The maximum Gasteiger partial charge on any atom is 0.430 e. The second-order valence-electron chi connectivity index (χ2n) is 4.41.